The molecule has 1 aromatic heterocycles. The Kier molecular flexibility index (Phi) is 1.61. The first kappa shape index (κ1) is 7.67. The van der Waals surface area contributed by atoms with E-state index in [9.17, 15) is 4.79 Å². The molecule has 0 aliphatic rings. The summed E-state index contributed by atoms with van der Waals surface area (Å²) >= 11 is 0. The molecule has 0 radical (unpaired) electrons. The van der Waals surface area contributed by atoms with E-state index >= 15 is 0 Å². The minimum atomic E-state index is -1.49. The van der Waals surface area contributed by atoms with Crippen LogP contribution in [-0.4, -0.2) is 26.3 Å². The zero-order valence-electron chi connectivity index (χ0n) is 5.90. The number of H-pyrrole nitrogens is 1. The number of aromatic nitrogens is 3. The summed E-state index contributed by atoms with van der Waals surface area (Å²) in [6.07, 6.45) is 1.21. The molecule has 0 aliphatic carbocycles. The molecule has 6 nitrogen and oxygen atoms in total. The topological polar surface area (TPSA) is 105 Å². The Morgan fingerprint density at radius 2 is 2.55 bits per heavy atom. The molecule has 1 heterocycles. The van der Waals surface area contributed by atoms with Crippen molar-refractivity contribution in [3.05, 3.63) is 12.2 Å². The second-order valence-corrected chi connectivity index (χ2v) is 2.34. The van der Waals surface area contributed by atoms with Gasteiger partial charge < -0.3 is 10.8 Å². The average Bonchev–Trinajstić information content (AvgIpc) is 2.37. The van der Waals surface area contributed by atoms with Gasteiger partial charge in [-0.05, 0) is 6.92 Å². The van der Waals surface area contributed by atoms with Crippen molar-refractivity contribution in [3.8, 4) is 0 Å². The first-order valence-electron chi connectivity index (χ1n) is 2.93. The summed E-state index contributed by atoms with van der Waals surface area (Å²) in [5.41, 5.74) is 3.90. The number of nitrogens with zero attached hydrogens (tertiary/aromatic N) is 2. The van der Waals surface area contributed by atoms with Gasteiger partial charge in [0, 0.05) is 0 Å². The van der Waals surface area contributed by atoms with Crippen LogP contribution in [0.4, 0.5) is 0 Å². The SMILES string of the molecule is C[C@@](N)(C(=O)O)c1ncn[nH]1. The molecule has 1 rings (SSSR count). The quantitative estimate of drug-likeness (QED) is 0.512. The van der Waals surface area contributed by atoms with Crippen LogP contribution in [0.25, 0.3) is 0 Å². The van der Waals surface area contributed by atoms with Crippen LogP contribution in [0, 0.1) is 0 Å². The molecule has 4 N–H and O–H groups in total. The predicted octanol–water partition coefficient (Wildman–Crippen LogP) is -0.937. The molecule has 0 bridgehead atoms. The van der Waals surface area contributed by atoms with Crippen molar-refractivity contribution in [1.29, 1.82) is 0 Å². The standard InChI is InChI=1S/C5H8N4O2/c1-5(6,4(10)11)3-7-2-8-9-3/h2H,6H2,1H3,(H,10,11)(H,7,8,9)/t5-/m0/s1. The van der Waals surface area contributed by atoms with Crippen molar-refractivity contribution in [3.63, 3.8) is 0 Å². The average molecular weight is 156 g/mol. The molecule has 11 heavy (non-hydrogen) atoms. The van der Waals surface area contributed by atoms with Gasteiger partial charge in [-0.1, -0.05) is 0 Å². The van der Waals surface area contributed by atoms with Crippen molar-refractivity contribution in [1.82, 2.24) is 15.2 Å². The number of carboxylic acid groups (broad SMARTS) is 1. The lowest BCUT2D eigenvalue weighted by Gasteiger charge is -2.14. The summed E-state index contributed by atoms with van der Waals surface area (Å²) in [5.74, 6) is -1.00. The van der Waals surface area contributed by atoms with Crippen molar-refractivity contribution >= 4 is 5.97 Å². The highest BCUT2D eigenvalue weighted by atomic mass is 16.4. The molecule has 0 spiro atoms. The maximum Gasteiger partial charge on any atom is 0.331 e. The first-order chi connectivity index (χ1) is 5.05. The van der Waals surface area contributed by atoms with E-state index in [0.29, 0.717) is 0 Å². The number of carboxylic acids is 1. The van der Waals surface area contributed by atoms with Crippen LogP contribution in [-0.2, 0) is 10.3 Å². The molecule has 1 aromatic rings. The number of aromatic amines is 1. The molecule has 0 fully saturated rings. The number of aliphatic carboxylic acids is 1. The lowest BCUT2D eigenvalue weighted by atomic mass is 10.0. The van der Waals surface area contributed by atoms with Gasteiger partial charge in [-0.15, -0.1) is 0 Å². The van der Waals surface area contributed by atoms with Crippen LogP contribution < -0.4 is 5.73 Å². The summed E-state index contributed by atoms with van der Waals surface area (Å²) in [7, 11) is 0. The van der Waals surface area contributed by atoms with Crippen molar-refractivity contribution < 1.29 is 9.90 Å². The van der Waals surface area contributed by atoms with Crippen molar-refractivity contribution in [2.45, 2.75) is 12.5 Å². The van der Waals surface area contributed by atoms with E-state index in [1.54, 1.807) is 0 Å². The molecule has 0 unspecified atom stereocenters. The van der Waals surface area contributed by atoms with Crippen LogP contribution in [0.2, 0.25) is 0 Å². The van der Waals surface area contributed by atoms with Crippen LogP contribution in [0.15, 0.2) is 6.33 Å². The van der Waals surface area contributed by atoms with Gasteiger partial charge in [-0.2, -0.15) is 5.10 Å². The van der Waals surface area contributed by atoms with Gasteiger partial charge in [0.15, 0.2) is 11.4 Å². The van der Waals surface area contributed by atoms with Gasteiger partial charge >= 0.3 is 5.97 Å². The molecule has 1 atom stereocenters. The third-order valence-electron chi connectivity index (χ3n) is 1.35. The highest BCUT2D eigenvalue weighted by Gasteiger charge is 2.33. The summed E-state index contributed by atoms with van der Waals surface area (Å²) in [4.78, 5) is 14.1. The monoisotopic (exact) mass is 156 g/mol. The Labute approximate surface area is 62.4 Å². The first-order valence-corrected chi connectivity index (χ1v) is 2.93. The van der Waals surface area contributed by atoms with E-state index in [-0.39, 0.29) is 5.82 Å². The van der Waals surface area contributed by atoms with Gasteiger partial charge in [0.1, 0.15) is 6.33 Å². The highest BCUT2D eigenvalue weighted by molar-refractivity contribution is 5.78. The molecular weight excluding hydrogens is 148 g/mol. The number of hydrogen-bond acceptors (Lipinski definition) is 4. The molecule has 0 aromatic carbocycles. The van der Waals surface area contributed by atoms with Crippen molar-refractivity contribution in [2.24, 2.45) is 5.73 Å². The largest absolute Gasteiger partial charge is 0.480 e. The maximum absolute atomic E-state index is 10.5. The summed E-state index contributed by atoms with van der Waals surface area (Å²) in [5, 5.41) is 14.5. The predicted molar refractivity (Wildman–Crippen MR) is 35.6 cm³/mol. The third-order valence-corrected chi connectivity index (χ3v) is 1.35. The Morgan fingerprint density at radius 3 is 2.91 bits per heavy atom. The minimum Gasteiger partial charge on any atom is -0.480 e. The zero-order chi connectivity index (χ0) is 8.48. The number of hydrogen-bond donors (Lipinski definition) is 3. The van der Waals surface area contributed by atoms with E-state index in [0.717, 1.165) is 0 Å². The fourth-order valence-corrected chi connectivity index (χ4v) is 0.557. The zero-order valence-corrected chi connectivity index (χ0v) is 5.90. The van der Waals surface area contributed by atoms with Gasteiger partial charge in [-0.3, -0.25) is 5.10 Å². The van der Waals surface area contributed by atoms with Crippen LogP contribution in [0.5, 0.6) is 0 Å². The van der Waals surface area contributed by atoms with E-state index in [4.69, 9.17) is 10.8 Å². The Hall–Kier alpha value is -1.43. The number of rotatable bonds is 2. The normalized spacial score (nSPS) is 15.8. The van der Waals surface area contributed by atoms with Crippen molar-refractivity contribution in [2.75, 3.05) is 0 Å². The molecule has 0 saturated heterocycles. The maximum atomic E-state index is 10.5. The van der Waals surface area contributed by atoms with E-state index in [1.165, 1.54) is 13.3 Å². The van der Waals surface area contributed by atoms with Gasteiger partial charge in [-0.25, -0.2) is 9.78 Å². The smallest absolute Gasteiger partial charge is 0.331 e. The lowest BCUT2D eigenvalue weighted by Crippen LogP contribution is -2.42. The lowest BCUT2D eigenvalue weighted by molar-refractivity contribution is -0.143. The minimum absolute atomic E-state index is 0.144. The van der Waals surface area contributed by atoms with E-state index in [2.05, 4.69) is 15.2 Å². The molecule has 60 valence electrons. The molecular formula is C5H8N4O2. The van der Waals surface area contributed by atoms with E-state index in [1.807, 2.05) is 0 Å². The fourth-order valence-electron chi connectivity index (χ4n) is 0.557. The van der Waals surface area contributed by atoms with Gasteiger partial charge in [0.05, 0.1) is 0 Å². The Bertz CT molecular complexity index is 253. The fraction of sp³-hybridized carbons (Fsp3) is 0.400. The summed E-state index contributed by atoms with van der Waals surface area (Å²) < 4.78 is 0. The highest BCUT2D eigenvalue weighted by Crippen LogP contribution is 2.10. The van der Waals surface area contributed by atoms with E-state index < -0.39 is 11.5 Å². The van der Waals surface area contributed by atoms with Crippen LogP contribution in [0.1, 0.15) is 12.7 Å². The van der Waals surface area contributed by atoms with Crippen LogP contribution in [0.3, 0.4) is 0 Å². The Morgan fingerprint density at radius 1 is 1.91 bits per heavy atom. The molecule has 0 aliphatic heterocycles. The molecule has 6 heteroatoms. The van der Waals surface area contributed by atoms with Gasteiger partial charge in [0.25, 0.3) is 0 Å². The molecule has 0 saturated carbocycles. The Balaban J connectivity index is 3.00. The number of nitrogens with two attached hydrogens (primary N) is 1. The van der Waals surface area contributed by atoms with Gasteiger partial charge in [0.2, 0.25) is 0 Å². The second-order valence-electron chi connectivity index (χ2n) is 2.34. The number of carbonyl (C=O) groups is 1. The number of nitrogens with one attached hydrogen (secondary N) is 1. The summed E-state index contributed by atoms with van der Waals surface area (Å²) in [6, 6.07) is 0. The van der Waals surface area contributed by atoms with Crippen LogP contribution >= 0.6 is 0 Å². The third kappa shape index (κ3) is 1.20. The second kappa shape index (κ2) is 2.31. The molecule has 0 amide bonds. The summed E-state index contributed by atoms with van der Waals surface area (Å²) in [6.45, 7) is 1.34.